The molecule has 1 N–H and O–H groups in total. The van der Waals surface area contributed by atoms with Crippen LogP contribution in [-0.2, 0) is 21.4 Å². The van der Waals surface area contributed by atoms with E-state index >= 15 is 0 Å². The lowest BCUT2D eigenvalue weighted by atomic mass is 9.99. The maximum atomic E-state index is 13.0. The molecule has 0 unspecified atom stereocenters. The first-order chi connectivity index (χ1) is 12.5. The van der Waals surface area contributed by atoms with Gasteiger partial charge < -0.3 is 5.32 Å². The number of nitrogens with zero attached hydrogens (tertiary/aromatic N) is 2. The molecule has 1 aliphatic rings. The fourth-order valence-electron chi connectivity index (χ4n) is 2.96. The fourth-order valence-corrected chi connectivity index (χ4v) is 4.48. The number of pyridine rings is 1. The molecule has 26 heavy (non-hydrogen) atoms. The Morgan fingerprint density at radius 1 is 1.23 bits per heavy atom. The molecule has 0 radical (unpaired) electrons. The van der Waals surface area contributed by atoms with Crippen LogP contribution in [0.25, 0.3) is 0 Å². The third-order valence-corrected chi connectivity index (χ3v) is 6.26. The minimum Gasteiger partial charge on any atom is -0.350 e. The molecule has 1 atom stereocenters. The Bertz CT molecular complexity index is 857. The van der Waals surface area contributed by atoms with Gasteiger partial charge in [-0.15, -0.1) is 0 Å². The minimum absolute atomic E-state index is 0.0356. The van der Waals surface area contributed by atoms with E-state index in [1.54, 1.807) is 12.3 Å². The highest BCUT2D eigenvalue weighted by atomic mass is 32.2. The number of benzene rings is 1. The van der Waals surface area contributed by atoms with E-state index in [9.17, 15) is 17.6 Å². The van der Waals surface area contributed by atoms with Crippen molar-refractivity contribution in [3.63, 3.8) is 0 Å². The van der Waals surface area contributed by atoms with Crippen LogP contribution in [0.5, 0.6) is 0 Å². The highest BCUT2D eigenvalue weighted by Crippen LogP contribution is 2.24. The number of nitrogens with one attached hydrogen (secondary N) is 1. The molecule has 1 aliphatic heterocycles. The van der Waals surface area contributed by atoms with Gasteiger partial charge in [0.05, 0.1) is 23.1 Å². The lowest BCUT2D eigenvalue weighted by molar-refractivity contribution is -0.126. The molecule has 1 amide bonds. The van der Waals surface area contributed by atoms with Gasteiger partial charge in [-0.3, -0.25) is 9.78 Å². The third-order valence-electron chi connectivity index (χ3n) is 4.38. The average Bonchev–Trinajstić information content (AvgIpc) is 2.67. The molecule has 1 saturated heterocycles. The fraction of sp³-hybridized carbons (Fsp3) is 0.333. The zero-order valence-electron chi connectivity index (χ0n) is 14.1. The Morgan fingerprint density at radius 2 is 2.00 bits per heavy atom. The van der Waals surface area contributed by atoms with Crippen molar-refractivity contribution in [3.05, 3.63) is 60.2 Å². The summed E-state index contributed by atoms with van der Waals surface area (Å²) in [6.07, 6.45) is 2.88. The number of halogens is 1. The van der Waals surface area contributed by atoms with Crippen molar-refractivity contribution in [1.82, 2.24) is 14.6 Å². The molecule has 0 saturated carbocycles. The first kappa shape index (κ1) is 18.5. The molecule has 1 aromatic heterocycles. The second kappa shape index (κ2) is 7.92. The average molecular weight is 377 g/mol. The first-order valence-electron chi connectivity index (χ1n) is 8.40. The number of piperidine rings is 1. The molecule has 0 aliphatic carbocycles. The van der Waals surface area contributed by atoms with Gasteiger partial charge in [0, 0.05) is 19.3 Å². The van der Waals surface area contributed by atoms with Crippen molar-refractivity contribution in [1.29, 1.82) is 0 Å². The summed E-state index contributed by atoms with van der Waals surface area (Å²) in [5.74, 6) is -1.09. The summed E-state index contributed by atoms with van der Waals surface area (Å²) in [4.78, 5) is 16.6. The topological polar surface area (TPSA) is 79.4 Å². The van der Waals surface area contributed by atoms with Crippen LogP contribution in [-0.4, -0.2) is 36.7 Å². The van der Waals surface area contributed by atoms with Gasteiger partial charge in [-0.25, -0.2) is 12.8 Å². The van der Waals surface area contributed by atoms with Crippen LogP contribution in [0, 0.1) is 11.7 Å². The number of sulfonamides is 1. The Morgan fingerprint density at radius 3 is 2.69 bits per heavy atom. The molecular weight excluding hydrogens is 357 g/mol. The van der Waals surface area contributed by atoms with Crippen molar-refractivity contribution in [2.75, 3.05) is 13.1 Å². The van der Waals surface area contributed by atoms with Crippen molar-refractivity contribution in [2.24, 2.45) is 5.92 Å². The Kier molecular flexibility index (Phi) is 5.63. The summed E-state index contributed by atoms with van der Waals surface area (Å²) >= 11 is 0. The Hall–Kier alpha value is -2.32. The molecule has 0 spiro atoms. The summed E-state index contributed by atoms with van der Waals surface area (Å²) < 4.78 is 39.8. The van der Waals surface area contributed by atoms with Crippen molar-refractivity contribution >= 4 is 15.9 Å². The van der Waals surface area contributed by atoms with Crippen LogP contribution in [0.4, 0.5) is 4.39 Å². The number of amides is 1. The van der Waals surface area contributed by atoms with E-state index in [0.29, 0.717) is 25.9 Å². The van der Waals surface area contributed by atoms with Crippen molar-refractivity contribution in [3.8, 4) is 0 Å². The van der Waals surface area contributed by atoms with Gasteiger partial charge >= 0.3 is 0 Å². The lowest BCUT2D eigenvalue weighted by Crippen LogP contribution is -2.45. The van der Waals surface area contributed by atoms with Crippen LogP contribution in [0.3, 0.4) is 0 Å². The van der Waals surface area contributed by atoms with Gasteiger partial charge in [-0.1, -0.05) is 6.07 Å². The smallest absolute Gasteiger partial charge is 0.243 e. The predicted octanol–water partition coefficient (Wildman–Crippen LogP) is 1.94. The summed E-state index contributed by atoms with van der Waals surface area (Å²) in [6.45, 7) is 0.776. The van der Waals surface area contributed by atoms with Crippen molar-refractivity contribution < 1.29 is 17.6 Å². The van der Waals surface area contributed by atoms with E-state index < -0.39 is 21.8 Å². The summed E-state index contributed by atoms with van der Waals surface area (Å²) in [6, 6.07) is 10.2. The van der Waals surface area contributed by atoms with E-state index in [-0.39, 0.29) is 17.3 Å². The maximum Gasteiger partial charge on any atom is 0.243 e. The first-order valence-corrected chi connectivity index (χ1v) is 9.84. The molecule has 138 valence electrons. The minimum atomic E-state index is -3.74. The summed E-state index contributed by atoms with van der Waals surface area (Å²) in [5, 5.41) is 2.82. The van der Waals surface area contributed by atoms with Crippen LogP contribution < -0.4 is 5.32 Å². The molecule has 1 aromatic carbocycles. The molecule has 1 fully saturated rings. The standard InChI is InChI=1S/C18H20FN3O3S/c19-15-6-8-17(9-7-15)26(24,25)22-11-3-4-14(13-22)18(23)21-12-16-5-1-2-10-20-16/h1-2,5-10,14H,3-4,11-13H2,(H,21,23)/t14-/m1/s1. The second-order valence-corrected chi connectivity index (χ2v) is 8.13. The number of hydrogen-bond acceptors (Lipinski definition) is 4. The quantitative estimate of drug-likeness (QED) is 0.864. The molecular formula is C18H20FN3O3S. The summed E-state index contributed by atoms with van der Waals surface area (Å²) in [7, 11) is -3.74. The molecule has 0 bridgehead atoms. The van der Waals surface area contributed by atoms with E-state index in [1.807, 2.05) is 12.1 Å². The van der Waals surface area contributed by atoms with E-state index in [1.165, 1.54) is 16.4 Å². The van der Waals surface area contributed by atoms with E-state index in [0.717, 1.165) is 17.8 Å². The van der Waals surface area contributed by atoms with Gasteiger partial charge in [-0.2, -0.15) is 4.31 Å². The van der Waals surface area contributed by atoms with Gasteiger partial charge in [0.2, 0.25) is 15.9 Å². The van der Waals surface area contributed by atoms with Crippen LogP contribution in [0.1, 0.15) is 18.5 Å². The predicted molar refractivity (Wildman–Crippen MR) is 94.0 cm³/mol. The van der Waals surface area contributed by atoms with Gasteiger partial charge in [0.1, 0.15) is 5.82 Å². The number of carbonyl (C=O) groups excluding carboxylic acids is 1. The zero-order chi connectivity index (χ0) is 18.6. The molecule has 8 heteroatoms. The number of rotatable bonds is 5. The Balaban J connectivity index is 1.64. The lowest BCUT2D eigenvalue weighted by Gasteiger charge is -2.31. The normalized spacial score (nSPS) is 18.4. The number of aromatic nitrogens is 1. The summed E-state index contributed by atoms with van der Waals surface area (Å²) in [5.41, 5.74) is 0.743. The van der Waals surface area contributed by atoms with Crippen LogP contribution in [0.15, 0.2) is 53.6 Å². The highest BCUT2D eigenvalue weighted by molar-refractivity contribution is 7.89. The second-order valence-electron chi connectivity index (χ2n) is 6.20. The Labute approximate surface area is 152 Å². The van der Waals surface area contributed by atoms with Crippen molar-refractivity contribution in [2.45, 2.75) is 24.3 Å². The highest BCUT2D eigenvalue weighted by Gasteiger charge is 2.33. The van der Waals surface area contributed by atoms with E-state index in [2.05, 4.69) is 10.3 Å². The van der Waals surface area contributed by atoms with Crippen LogP contribution >= 0.6 is 0 Å². The van der Waals surface area contributed by atoms with Crippen LogP contribution in [0.2, 0.25) is 0 Å². The third kappa shape index (κ3) is 4.25. The number of hydrogen-bond donors (Lipinski definition) is 1. The SMILES string of the molecule is O=C(NCc1ccccn1)[C@@H]1CCCN(S(=O)(=O)c2ccc(F)cc2)C1. The molecule has 2 aromatic rings. The largest absolute Gasteiger partial charge is 0.350 e. The van der Waals surface area contributed by atoms with E-state index in [4.69, 9.17) is 0 Å². The monoisotopic (exact) mass is 377 g/mol. The van der Waals surface area contributed by atoms with Gasteiger partial charge in [0.25, 0.3) is 0 Å². The maximum absolute atomic E-state index is 13.0. The van der Waals surface area contributed by atoms with Gasteiger partial charge in [-0.05, 0) is 49.2 Å². The molecule has 6 nitrogen and oxygen atoms in total. The molecule has 2 heterocycles. The number of carbonyl (C=O) groups is 1. The van der Waals surface area contributed by atoms with Gasteiger partial charge in [0.15, 0.2) is 0 Å². The zero-order valence-corrected chi connectivity index (χ0v) is 15.0. The molecule has 3 rings (SSSR count).